The van der Waals surface area contributed by atoms with Gasteiger partial charge in [0.1, 0.15) is 11.3 Å². The van der Waals surface area contributed by atoms with Crippen molar-refractivity contribution in [2.75, 3.05) is 0 Å². The van der Waals surface area contributed by atoms with Crippen molar-refractivity contribution in [2.45, 2.75) is 13.8 Å². The molecule has 0 aliphatic carbocycles. The Kier molecular flexibility index (Phi) is 3.11. The Morgan fingerprint density at radius 1 is 1.00 bits per heavy atom. The number of halogens is 1. The van der Waals surface area contributed by atoms with Crippen LogP contribution in [0.2, 0.25) is 5.02 Å². The molecule has 0 radical (unpaired) electrons. The number of rotatable bonds is 1. The first kappa shape index (κ1) is 12.9. The van der Waals surface area contributed by atoms with E-state index in [4.69, 9.17) is 16.0 Å². The molecule has 2 aromatic carbocycles. The van der Waals surface area contributed by atoms with Gasteiger partial charge < -0.3 is 4.42 Å². The summed E-state index contributed by atoms with van der Waals surface area (Å²) in [5.41, 5.74) is 3.38. The Morgan fingerprint density at radius 2 is 1.75 bits per heavy atom. The third-order valence-corrected chi connectivity index (χ3v) is 3.83. The summed E-state index contributed by atoms with van der Waals surface area (Å²) in [7, 11) is 0. The Bertz CT molecular complexity index is 862. The summed E-state index contributed by atoms with van der Waals surface area (Å²) in [6, 6.07) is 12.8. The lowest BCUT2D eigenvalue weighted by molar-refractivity contribution is 0.618. The van der Waals surface area contributed by atoms with Crippen LogP contribution in [0.15, 0.2) is 51.7 Å². The average molecular weight is 285 g/mol. The van der Waals surface area contributed by atoms with Crippen molar-refractivity contribution in [1.82, 2.24) is 0 Å². The van der Waals surface area contributed by atoms with Crippen LogP contribution in [0, 0.1) is 13.8 Å². The zero-order chi connectivity index (χ0) is 14.3. The van der Waals surface area contributed by atoms with Gasteiger partial charge in [-0.05, 0) is 37.1 Å². The second-order valence-corrected chi connectivity index (χ2v) is 5.29. The van der Waals surface area contributed by atoms with Gasteiger partial charge in [-0.15, -0.1) is 0 Å². The number of hydrogen-bond donors (Lipinski definition) is 0. The Labute approximate surface area is 121 Å². The molecular weight excluding hydrogens is 272 g/mol. The highest BCUT2D eigenvalue weighted by molar-refractivity contribution is 6.32. The highest BCUT2D eigenvalue weighted by atomic mass is 35.5. The molecule has 3 aromatic rings. The molecule has 0 fully saturated rings. The van der Waals surface area contributed by atoms with Crippen LogP contribution in [0.25, 0.3) is 22.3 Å². The van der Waals surface area contributed by atoms with E-state index in [-0.39, 0.29) is 5.43 Å². The largest absolute Gasteiger partial charge is 0.456 e. The molecule has 0 saturated carbocycles. The van der Waals surface area contributed by atoms with E-state index in [0.717, 1.165) is 16.7 Å². The molecule has 3 heteroatoms. The van der Waals surface area contributed by atoms with E-state index in [1.54, 1.807) is 12.1 Å². The van der Waals surface area contributed by atoms with Crippen molar-refractivity contribution in [3.63, 3.8) is 0 Å². The molecule has 0 N–H and O–H groups in total. The van der Waals surface area contributed by atoms with E-state index in [9.17, 15) is 4.79 Å². The fourth-order valence-electron chi connectivity index (χ4n) is 2.26. The van der Waals surface area contributed by atoms with Crippen molar-refractivity contribution in [3.8, 4) is 11.3 Å². The van der Waals surface area contributed by atoms with Crippen LogP contribution in [0.5, 0.6) is 0 Å². The van der Waals surface area contributed by atoms with Crippen molar-refractivity contribution in [1.29, 1.82) is 0 Å². The van der Waals surface area contributed by atoms with E-state index < -0.39 is 0 Å². The van der Waals surface area contributed by atoms with E-state index >= 15 is 0 Å². The highest BCUT2D eigenvalue weighted by Crippen LogP contribution is 2.27. The van der Waals surface area contributed by atoms with Gasteiger partial charge in [0.2, 0.25) is 0 Å². The van der Waals surface area contributed by atoms with Gasteiger partial charge in [0, 0.05) is 16.7 Å². The maximum absolute atomic E-state index is 12.2. The van der Waals surface area contributed by atoms with Gasteiger partial charge in [-0.25, -0.2) is 0 Å². The van der Waals surface area contributed by atoms with Crippen LogP contribution in [0.3, 0.4) is 0 Å². The van der Waals surface area contributed by atoms with Gasteiger partial charge in [-0.1, -0.05) is 35.9 Å². The van der Waals surface area contributed by atoms with E-state index in [1.165, 1.54) is 6.07 Å². The Hall–Kier alpha value is -2.06. The maximum Gasteiger partial charge on any atom is 0.193 e. The summed E-state index contributed by atoms with van der Waals surface area (Å²) in [6.07, 6.45) is 0. The van der Waals surface area contributed by atoms with Crippen molar-refractivity contribution in [2.24, 2.45) is 0 Å². The predicted octanol–water partition coefficient (Wildman–Crippen LogP) is 4.73. The van der Waals surface area contributed by atoms with Crippen LogP contribution in [-0.4, -0.2) is 0 Å². The minimum Gasteiger partial charge on any atom is -0.456 e. The van der Waals surface area contributed by atoms with Crippen molar-refractivity contribution in [3.05, 3.63) is 68.8 Å². The van der Waals surface area contributed by atoms with Crippen LogP contribution >= 0.6 is 11.6 Å². The van der Waals surface area contributed by atoms with Crippen LogP contribution in [0.1, 0.15) is 11.1 Å². The standard InChI is InChI=1S/C17H13ClO2/c1-10-5-3-4-6-12(10)17-9-15(19)13-8-14(18)11(2)7-16(13)20-17/h3-9H,1-2H3. The maximum atomic E-state index is 12.2. The molecule has 100 valence electrons. The zero-order valence-corrected chi connectivity index (χ0v) is 12.0. The molecule has 3 rings (SSSR count). The SMILES string of the molecule is Cc1cc2oc(-c3ccccc3C)cc(=O)c2cc1Cl. The second kappa shape index (κ2) is 4.80. The van der Waals surface area contributed by atoms with Crippen LogP contribution in [0.4, 0.5) is 0 Å². The van der Waals surface area contributed by atoms with Gasteiger partial charge in [-0.3, -0.25) is 4.79 Å². The highest BCUT2D eigenvalue weighted by Gasteiger charge is 2.10. The van der Waals surface area contributed by atoms with Gasteiger partial charge in [0.05, 0.1) is 5.39 Å². The second-order valence-electron chi connectivity index (χ2n) is 4.89. The lowest BCUT2D eigenvalue weighted by atomic mass is 10.1. The normalized spacial score (nSPS) is 10.9. The molecule has 0 aliphatic heterocycles. The van der Waals surface area contributed by atoms with Crippen LogP contribution < -0.4 is 5.43 Å². The summed E-state index contributed by atoms with van der Waals surface area (Å²) in [5, 5.41) is 1.09. The first-order valence-electron chi connectivity index (χ1n) is 6.36. The van der Waals surface area contributed by atoms with Crippen molar-refractivity contribution < 1.29 is 4.42 Å². The van der Waals surface area contributed by atoms with Gasteiger partial charge >= 0.3 is 0 Å². The number of hydrogen-bond acceptors (Lipinski definition) is 2. The average Bonchev–Trinajstić information content (AvgIpc) is 2.41. The van der Waals surface area contributed by atoms with Gasteiger partial charge in [0.25, 0.3) is 0 Å². The minimum absolute atomic E-state index is 0.0774. The molecule has 0 bridgehead atoms. The van der Waals surface area contributed by atoms with Gasteiger partial charge in [-0.2, -0.15) is 0 Å². The smallest absolute Gasteiger partial charge is 0.193 e. The molecular formula is C17H13ClO2. The molecule has 0 aliphatic rings. The topological polar surface area (TPSA) is 30.2 Å². The molecule has 0 saturated heterocycles. The van der Waals surface area contributed by atoms with E-state index in [1.807, 2.05) is 38.1 Å². The molecule has 20 heavy (non-hydrogen) atoms. The number of benzene rings is 2. The van der Waals surface area contributed by atoms with E-state index in [0.29, 0.717) is 21.8 Å². The molecule has 0 amide bonds. The minimum atomic E-state index is -0.0774. The van der Waals surface area contributed by atoms with Crippen molar-refractivity contribution >= 4 is 22.6 Å². The molecule has 0 unspecified atom stereocenters. The van der Waals surface area contributed by atoms with E-state index in [2.05, 4.69) is 0 Å². The summed E-state index contributed by atoms with van der Waals surface area (Å²) in [6.45, 7) is 3.88. The monoisotopic (exact) mass is 284 g/mol. The fraction of sp³-hybridized carbons (Fsp3) is 0.118. The molecule has 0 spiro atoms. The number of aryl methyl sites for hydroxylation is 2. The third-order valence-electron chi connectivity index (χ3n) is 3.42. The summed E-state index contributed by atoms with van der Waals surface area (Å²) in [5.74, 6) is 0.585. The molecule has 1 heterocycles. The quantitative estimate of drug-likeness (QED) is 0.646. The number of fused-ring (bicyclic) bond motifs is 1. The predicted molar refractivity (Wildman–Crippen MR) is 82.4 cm³/mol. The summed E-state index contributed by atoms with van der Waals surface area (Å²) >= 11 is 6.06. The molecule has 1 aromatic heterocycles. The first-order chi connectivity index (χ1) is 9.56. The fourth-order valence-corrected chi connectivity index (χ4v) is 2.42. The molecule has 2 nitrogen and oxygen atoms in total. The summed E-state index contributed by atoms with van der Waals surface area (Å²) in [4.78, 5) is 12.2. The lowest BCUT2D eigenvalue weighted by Gasteiger charge is -2.07. The van der Waals surface area contributed by atoms with Crippen LogP contribution in [-0.2, 0) is 0 Å². The molecule has 0 atom stereocenters. The zero-order valence-electron chi connectivity index (χ0n) is 11.2. The lowest BCUT2D eigenvalue weighted by Crippen LogP contribution is -2.01. The van der Waals surface area contributed by atoms with Gasteiger partial charge in [0.15, 0.2) is 5.43 Å². The third kappa shape index (κ3) is 2.12. The summed E-state index contributed by atoms with van der Waals surface area (Å²) < 4.78 is 5.89. The Morgan fingerprint density at radius 3 is 2.50 bits per heavy atom. The Balaban J connectivity index is 2.33. The first-order valence-corrected chi connectivity index (χ1v) is 6.74.